The van der Waals surface area contributed by atoms with Crippen molar-refractivity contribution < 1.29 is 14.6 Å². The predicted molar refractivity (Wildman–Crippen MR) is 82.4 cm³/mol. The van der Waals surface area contributed by atoms with Gasteiger partial charge in [-0.3, -0.25) is 4.79 Å². The average Bonchev–Trinajstić information content (AvgIpc) is 2.45. The number of hydrogen-bond donors (Lipinski definition) is 2. The van der Waals surface area contributed by atoms with Crippen molar-refractivity contribution in [2.75, 3.05) is 6.61 Å². The van der Waals surface area contributed by atoms with Gasteiger partial charge in [0.1, 0.15) is 5.75 Å². The highest BCUT2D eigenvalue weighted by molar-refractivity contribution is 5.77. The summed E-state index contributed by atoms with van der Waals surface area (Å²) in [5, 5.41) is 12.5. The zero-order chi connectivity index (χ0) is 15.2. The Morgan fingerprint density at radius 1 is 1.33 bits per heavy atom. The molecule has 1 amide bonds. The van der Waals surface area contributed by atoms with Crippen molar-refractivity contribution in [1.29, 1.82) is 0 Å². The second kappa shape index (κ2) is 7.46. The summed E-state index contributed by atoms with van der Waals surface area (Å²) in [7, 11) is 0. The topological polar surface area (TPSA) is 58.6 Å². The third-order valence-electron chi connectivity index (χ3n) is 3.93. The quantitative estimate of drug-likeness (QED) is 0.876. The molecule has 1 aromatic rings. The predicted octanol–water partition coefficient (Wildman–Crippen LogP) is 2.61. The molecule has 1 aromatic carbocycles. The van der Waals surface area contributed by atoms with Crippen LogP contribution in [0.25, 0.3) is 0 Å². The number of hydrogen-bond acceptors (Lipinski definition) is 3. The van der Waals surface area contributed by atoms with Crippen LogP contribution >= 0.6 is 0 Å². The summed E-state index contributed by atoms with van der Waals surface area (Å²) in [5.74, 6) is 1.07. The van der Waals surface area contributed by atoms with E-state index in [4.69, 9.17) is 4.74 Å². The van der Waals surface area contributed by atoms with Crippen LogP contribution < -0.4 is 10.1 Å². The van der Waals surface area contributed by atoms with E-state index in [1.165, 1.54) is 5.56 Å². The minimum Gasteiger partial charge on any atom is -0.484 e. The fraction of sp³-hybridized carbons (Fsp3) is 0.588. The molecule has 2 unspecified atom stereocenters. The van der Waals surface area contributed by atoms with Gasteiger partial charge in [0.15, 0.2) is 6.61 Å². The first-order valence-corrected chi connectivity index (χ1v) is 7.75. The van der Waals surface area contributed by atoms with E-state index in [2.05, 4.69) is 19.2 Å². The molecule has 2 atom stereocenters. The highest BCUT2D eigenvalue weighted by atomic mass is 16.5. The van der Waals surface area contributed by atoms with Gasteiger partial charge in [0.2, 0.25) is 0 Å². The summed E-state index contributed by atoms with van der Waals surface area (Å²) in [6, 6.07) is 7.92. The Balaban J connectivity index is 1.75. The minimum atomic E-state index is -0.284. The third kappa shape index (κ3) is 5.05. The molecular weight excluding hydrogens is 266 g/mol. The van der Waals surface area contributed by atoms with Gasteiger partial charge in [0.05, 0.1) is 6.10 Å². The van der Waals surface area contributed by atoms with Crippen molar-refractivity contribution in [2.24, 2.45) is 0 Å². The smallest absolute Gasteiger partial charge is 0.258 e. The van der Waals surface area contributed by atoms with Gasteiger partial charge in [-0.2, -0.15) is 0 Å². The maximum atomic E-state index is 11.8. The fourth-order valence-corrected chi connectivity index (χ4v) is 2.66. The molecule has 2 rings (SSSR count). The van der Waals surface area contributed by atoms with Crippen LogP contribution in [0.5, 0.6) is 5.75 Å². The van der Waals surface area contributed by atoms with Crippen molar-refractivity contribution in [3.63, 3.8) is 0 Å². The maximum Gasteiger partial charge on any atom is 0.258 e. The largest absolute Gasteiger partial charge is 0.484 e. The lowest BCUT2D eigenvalue weighted by Crippen LogP contribution is -2.41. The van der Waals surface area contributed by atoms with E-state index in [-0.39, 0.29) is 24.7 Å². The molecule has 0 aliphatic heterocycles. The molecule has 0 bridgehead atoms. The Morgan fingerprint density at radius 3 is 2.67 bits per heavy atom. The number of benzene rings is 1. The molecule has 21 heavy (non-hydrogen) atoms. The number of rotatable bonds is 5. The van der Waals surface area contributed by atoms with Crippen molar-refractivity contribution >= 4 is 5.91 Å². The van der Waals surface area contributed by atoms with Gasteiger partial charge in [-0.05, 0) is 49.3 Å². The van der Waals surface area contributed by atoms with Gasteiger partial charge in [0.25, 0.3) is 5.91 Å². The summed E-state index contributed by atoms with van der Waals surface area (Å²) >= 11 is 0. The first kappa shape index (κ1) is 15.8. The molecular formula is C17H25NO3. The molecule has 0 radical (unpaired) electrons. The number of carbonyl (C=O) groups is 1. The van der Waals surface area contributed by atoms with Crippen molar-refractivity contribution in [1.82, 2.24) is 5.32 Å². The van der Waals surface area contributed by atoms with Gasteiger partial charge in [0, 0.05) is 6.04 Å². The number of aliphatic hydroxyl groups excluding tert-OH is 1. The van der Waals surface area contributed by atoms with Crippen LogP contribution in [0, 0.1) is 0 Å². The Morgan fingerprint density at radius 2 is 2.05 bits per heavy atom. The van der Waals surface area contributed by atoms with Gasteiger partial charge in [-0.15, -0.1) is 0 Å². The van der Waals surface area contributed by atoms with E-state index >= 15 is 0 Å². The highest BCUT2D eigenvalue weighted by Gasteiger charge is 2.21. The number of ether oxygens (including phenoxy) is 1. The SMILES string of the molecule is CC(C)c1ccc(OCC(=O)NC2CCCC(O)C2)cc1. The normalized spacial score (nSPS) is 22.1. The standard InChI is InChI=1S/C17H25NO3/c1-12(2)13-6-8-16(9-7-13)21-11-17(20)18-14-4-3-5-15(19)10-14/h6-9,12,14-15,19H,3-5,10-11H2,1-2H3,(H,18,20). The first-order valence-electron chi connectivity index (χ1n) is 7.75. The average molecular weight is 291 g/mol. The molecule has 1 aliphatic rings. The Kier molecular flexibility index (Phi) is 5.62. The van der Waals surface area contributed by atoms with Crippen LogP contribution in [0.3, 0.4) is 0 Å². The van der Waals surface area contributed by atoms with Gasteiger partial charge < -0.3 is 15.2 Å². The van der Waals surface area contributed by atoms with E-state index in [0.717, 1.165) is 19.3 Å². The van der Waals surface area contributed by atoms with Gasteiger partial charge in [-0.25, -0.2) is 0 Å². The summed E-state index contributed by atoms with van der Waals surface area (Å²) in [5.41, 5.74) is 1.25. The summed E-state index contributed by atoms with van der Waals surface area (Å²) in [6.07, 6.45) is 3.10. The van der Waals surface area contributed by atoms with Crippen LogP contribution in [0.1, 0.15) is 51.0 Å². The van der Waals surface area contributed by atoms with Crippen LogP contribution in [-0.2, 0) is 4.79 Å². The lowest BCUT2D eigenvalue weighted by molar-refractivity contribution is -0.124. The Hall–Kier alpha value is -1.55. The van der Waals surface area contributed by atoms with E-state index < -0.39 is 0 Å². The molecule has 4 nitrogen and oxygen atoms in total. The van der Waals surface area contributed by atoms with Gasteiger partial charge >= 0.3 is 0 Å². The molecule has 0 saturated heterocycles. The van der Waals surface area contributed by atoms with E-state index in [1.54, 1.807) is 0 Å². The number of nitrogens with one attached hydrogen (secondary N) is 1. The second-order valence-corrected chi connectivity index (χ2v) is 6.10. The monoisotopic (exact) mass is 291 g/mol. The first-order chi connectivity index (χ1) is 10.0. The summed E-state index contributed by atoms with van der Waals surface area (Å²) in [6.45, 7) is 4.30. The number of aliphatic hydroxyl groups is 1. The molecule has 2 N–H and O–H groups in total. The Bertz CT molecular complexity index is 456. The van der Waals surface area contributed by atoms with E-state index in [9.17, 15) is 9.90 Å². The van der Waals surface area contributed by atoms with E-state index in [1.807, 2.05) is 24.3 Å². The van der Waals surface area contributed by atoms with Crippen LogP contribution in [-0.4, -0.2) is 29.8 Å². The van der Waals surface area contributed by atoms with Gasteiger partial charge in [-0.1, -0.05) is 26.0 Å². The number of carbonyl (C=O) groups excluding carboxylic acids is 1. The summed E-state index contributed by atoms with van der Waals surface area (Å²) in [4.78, 5) is 11.8. The molecule has 4 heteroatoms. The van der Waals surface area contributed by atoms with Crippen molar-refractivity contribution in [3.8, 4) is 5.75 Å². The maximum absolute atomic E-state index is 11.8. The molecule has 1 saturated carbocycles. The molecule has 0 spiro atoms. The van der Waals surface area contributed by atoms with Crippen molar-refractivity contribution in [3.05, 3.63) is 29.8 Å². The fourth-order valence-electron chi connectivity index (χ4n) is 2.66. The second-order valence-electron chi connectivity index (χ2n) is 6.10. The van der Waals surface area contributed by atoms with Crippen LogP contribution in [0.15, 0.2) is 24.3 Å². The molecule has 1 fully saturated rings. The molecule has 116 valence electrons. The minimum absolute atomic E-state index is 0.0214. The Labute approximate surface area is 126 Å². The zero-order valence-electron chi connectivity index (χ0n) is 12.8. The lowest BCUT2D eigenvalue weighted by Gasteiger charge is -2.26. The lowest BCUT2D eigenvalue weighted by atomic mass is 9.93. The zero-order valence-corrected chi connectivity index (χ0v) is 12.8. The van der Waals surface area contributed by atoms with Crippen LogP contribution in [0.2, 0.25) is 0 Å². The molecule has 0 aromatic heterocycles. The third-order valence-corrected chi connectivity index (χ3v) is 3.93. The van der Waals surface area contributed by atoms with E-state index in [0.29, 0.717) is 18.1 Å². The highest BCUT2D eigenvalue weighted by Crippen LogP contribution is 2.19. The van der Waals surface area contributed by atoms with Crippen molar-refractivity contribution in [2.45, 2.75) is 57.6 Å². The number of amides is 1. The molecule has 1 aliphatic carbocycles. The summed E-state index contributed by atoms with van der Waals surface area (Å²) < 4.78 is 5.50. The molecule has 0 heterocycles. The van der Waals surface area contributed by atoms with Crippen LogP contribution in [0.4, 0.5) is 0 Å².